The SMILES string of the molecule is COCCn1ccnc1C1CCN(C(=O)NCCc2ccccc2)CC1. The number of imidazole rings is 1. The predicted octanol–water partition coefficient (Wildman–Crippen LogP) is 2.66. The second-order valence-electron chi connectivity index (χ2n) is 6.70. The molecule has 1 aliphatic rings. The van der Waals surface area contributed by atoms with Gasteiger partial charge in [0.05, 0.1) is 6.61 Å². The monoisotopic (exact) mass is 356 g/mol. The molecule has 1 aliphatic heterocycles. The number of benzene rings is 1. The number of hydrogen-bond donors (Lipinski definition) is 1. The number of methoxy groups -OCH3 is 1. The molecule has 1 fully saturated rings. The molecule has 6 heteroatoms. The maximum Gasteiger partial charge on any atom is 0.317 e. The number of hydrogen-bond acceptors (Lipinski definition) is 3. The molecule has 2 amide bonds. The number of amides is 2. The van der Waals surface area contributed by atoms with Crippen LogP contribution in [0.3, 0.4) is 0 Å². The minimum absolute atomic E-state index is 0.0436. The zero-order chi connectivity index (χ0) is 18.2. The summed E-state index contributed by atoms with van der Waals surface area (Å²) < 4.78 is 7.34. The number of nitrogens with zero attached hydrogens (tertiary/aromatic N) is 3. The summed E-state index contributed by atoms with van der Waals surface area (Å²) in [6.07, 6.45) is 6.64. The third-order valence-corrected chi connectivity index (χ3v) is 4.96. The Kier molecular flexibility index (Phi) is 6.66. The summed E-state index contributed by atoms with van der Waals surface area (Å²) in [6.45, 7) is 3.74. The molecule has 0 atom stereocenters. The van der Waals surface area contributed by atoms with Crippen LogP contribution in [0.1, 0.15) is 30.1 Å². The second-order valence-corrected chi connectivity index (χ2v) is 6.70. The van der Waals surface area contributed by atoms with Crippen molar-refractivity contribution < 1.29 is 9.53 Å². The molecule has 3 rings (SSSR count). The molecule has 0 bridgehead atoms. The van der Waals surface area contributed by atoms with Crippen LogP contribution < -0.4 is 5.32 Å². The number of aromatic nitrogens is 2. The van der Waals surface area contributed by atoms with Crippen molar-refractivity contribution >= 4 is 6.03 Å². The van der Waals surface area contributed by atoms with Crippen molar-refractivity contribution in [2.75, 3.05) is 33.4 Å². The van der Waals surface area contributed by atoms with Gasteiger partial charge >= 0.3 is 6.03 Å². The Morgan fingerprint density at radius 3 is 2.77 bits per heavy atom. The van der Waals surface area contributed by atoms with Gasteiger partial charge in [-0.1, -0.05) is 30.3 Å². The maximum atomic E-state index is 12.4. The van der Waals surface area contributed by atoms with Crippen LogP contribution >= 0.6 is 0 Å². The summed E-state index contributed by atoms with van der Waals surface area (Å²) in [7, 11) is 1.71. The number of urea groups is 1. The number of ether oxygens (including phenoxy) is 1. The van der Waals surface area contributed by atoms with Crippen LogP contribution in [0.15, 0.2) is 42.7 Å². The number of likely N-dealkylation sites (tertiary alicyclic amines) is 1. The molecule has 1 N–H and O–H groups in total. The fraction of sp³-hybridized carbons (Fsp3) is 0.500. The van der Waals surface area contributed by atoms with E-state index < -0.39 is 0 Å². The van der Waals surface area contributed by atoms with E-state index in [1.165, 1.54) is 5.56 Å². The lowest BCUT2D eigenvalue weighted by Crippen LogP contribution is -2.44. The van der Waals surface area contributed by atoms with Gasteiger partial charge in [-0.3, -0.25) is 0 Å². The van der Waals surface area contributed by atoms with Gasteiger partial charge in [0.2, 0.25) is 0 Å². The van der Waals surface area contributed by atoms with Crippen LogP contribution in [0.25, 0.3) is 0 Å². The third-order valence-electron chi connectivity index (χ3n) is 4.96. The number of rotatable bonds is 7. The van der Waals surface area contributed by atoms with Gasteiger partial charge in [0, 0.05) is 51.6 Å². The second kappa shape index (κ2) is 9.38. The molecule has 1 aromatic carbocycles. The molecular weight excluding hydrogens is 328 g/mol. The Morgan fingerprint density at radius 2 is 2.04 bits per heavy atom. The lowest BCUT2D eigenvalue weighted by molar-refractivity contribution is 0.176. The Bertz CT molecular complexity index is 678. The van der Waals surface area contributed by atoms with Gasteiger partial charge in [-0.15, -0.1) is 0 Å². The highest BCUT2D eigenvalue weighted by Crippen LogP contribution is 2.26. The summed E-state index contributed by atoms with van der Waals surface area (Å²) in [4.78, 5) is 18.8. The molecule has 2 aromatic rings. The minimum atomic E-state index is 0.0436. The highest BCUT2D eigenvalue weighted by atomic mass is 16.5. The van der Waals surface area contributed by atoms with Gasteiger partial charge < -0.3 is 19.5 Å². The Morgan fingerprint density at radius 1 is 1.27 bits per heavy atom. The van der Waals surface area contributed by atoms with Gasteiger partial charge in [-0.2, -0.15) is 0 Å². The minimum Gasteiger partial charge on any atom is -0.383 e. The number of piperidine rings is 1. The molecule has 2 heterocycles. The first-order valence-corrected chi connectivity index (χ1v) is 9.34. The summed E-state index contributed by atoms with van der Waals surface area (Å²) >= 11 is 0. The van der Waals surface area contributed by atoms with Crippen LogP contribution in [0, 0.1) is 0 Å². The van der Waals surface area contributed by atoms with Crippen molar-refractivity contribution in [2.24, 2.45) is 0 Å². The van der Waals surface area contributed by atoms with E-state index in [0.29, 0.717) is 19.1 Å². The first-order valence-electron chi connectivity index (χ1n) is 9.34. The van der Waals surface area contributed by atoms with Gasteiger partial charge in [0.15, 0.2) is 0 Å². The zero-order valence-corrected chi connectivity index (χ0v) is 15.4. The van der Waals surface area contributed by atoms with E-state index in [9.17, 15) is 4.79 Å². The van der Waals surface area contributed by atoms with E-state index in [1.807, 2.05) is 35.5 Å². The molecule has 0 aliphatic carbocycles. The van der Waals surface area contributed by atoms with Crippen LogP contribution in [0.5, 0.6) is 0 Å². The van der Waals surface area contributed by atoms with E-state index >= 15 is 0 Å². The highest BCUT2D eigenvalue weighted by molar-refractivity contribution is 5.74. The average molecular weight is 356 g/mol. The molecule has 0 spiro atoms. The first-order chi connectivity index (χ1) is 12.8. The van der Waals surface area contributed by atoms with E-state index in [4.69, 9.17) is 4.74 Å². The quantitative estimate of drug-likeness (QED) is 0.830. The maximum absolute atomic E-state index is 12.4. The van der Waals surface area contributed by atoms with Crippen molar-refractivity contribution in [1.29, 1.82) is 0 Å². The van der Waals surface area contributed by atoms with Crippen molar-refractivity contribution in [1.82, 2.24) is 19.8 Å². The van der Waals surface area contributed by atoms with Crippen LogP contribution in [-0.2, 0) is 17.7 Å². The Labute approximate surface area is 155 Å². The lowest BCUT2D eigenvalue weighted by atomic mass is 9.96. The van der Waals surface area contributed by atoms with Crippen LogP contribution in [0.2, 0.25) is 0 Å². The van der Waals surface area contributed by atoms with E-state index in [1.54, 1.807) is 7.11 Å². The molecule has 0 saturated carbocycles. The fourth-order valence-corrected chi connectivity index (χ4v) is 3.47. The van der Waals surface area contributed by atoms with Crippen LogP contribution in [0.4, 0.5) is 4.79 Å². The standard InChI is InChI=1S/C20H28N4O2/c1-26-16-15-23-14-11-21-19(23)18-8-12-24(13-9-18)20(25)22-10-7-17-5-3-2-4-6-17/h2-6,11,14,18H,7-10,12-13,15-16H2,1H3,(H,22,25). The predicted molar refractivity (Wildman–Crippen MR) is 101 cm³/mol. The van der Waals surface area contributed by atoms with Crippen molar-refractivity contribution in [3.8, 4) is 0 Å². The van der Waals surface area contributed by atoms with Crippen molar-refractivity contribution in [2.45, 2.75) is 31.7 Å². The summed E-state index contributed by atoms with van der Waals surface area (Å²) in [6, 6.07) is 10.3. The summed E-state index contributed by atoms with van der Waals surface area (Å²) in [5, 5.41) is 3.04. The zero-order valence-electron chi connectivity index (χ0n) is 15.4. The van der Waals surface area contributed by atoms with E-state index in [-0.39, 0.29) is 6.03 Å². The fourth-order valence-electron chi connectivity index (χ4n) is 3.47. The Hall–Kier alpha value is -2.34. The molecule has 1 saturated heterocycles. The summed E-state index contributed by atoms with van der Waals surface area (Å²) in [5.74, 6) is 1.53. The van der Waals surface area contributed by atoms with Crippen molar-refractivity contribution in [3.05, 3.63) is 54.1 Å². The topological polar surface area (TPSA) is 59.4 Å². The smallest absolute Gasteiger partial charge is 0.317 e. The van der Waals surface area contributed by atoms with Crippen LogP contribution in [-0.4, -0.2) is 53.8 Å². The van der Waals surface area contributed by atoms with Gasteiger partial charge in [-0.25, -0.2) is 9.78 Å². The molecular formula is C20H28N4O2. The van der Waals surface area contributed by atoms with Gasteiger partial charge in [0.1, 0.15) is 5.82 Å². The lowest BCUT2D eigenvalue weighted by Gasteiger charge is -2.32. The molecule has 26 heavy (non-hydrogen) atoms. The molecule has 6 nitrogen and oxygen atoms in total. The number of carbonyl (C=O) groups is 1. The largest absolute Gasteiger partial charge is 0.383 e. The number of nitrogens with one attached hydrogen (secondary N) is 1. The van der Waals surface area contributed by atoms with E-state index in [0.717, 1.165) is 44.7 Å². The third kappa shape index (κ3) is 4.85. The molecule has 0 unspecified atom stereocenters. The summed E-state index contributed by atoms with van der Waals surface area (Å²) in [5.41, 5.74) is 1.24. The van der Waals surface area contributed by atoms with E-state index in [2.05, 4.69) is 27.0 Å². The first kappa shape index (κ1) is 18.5. The average Bonchev–Trinajstić information content (AvgIpc) is 3.16. The molecule has 1 aromatic heterocycles. The van der Waals surface area contributed by atoms with Gasteiger partial charge in [0.25, 0.3) is 0 Å². The highest BCUT2D eigenvalue weighted by Gasteiger charge is 2.26. The van der Waals surface area contributed by atoms with Crippen molar-refractivity contribution in [3.63, 3.8) is 0 Å². The normalized spacial score (nSPS) is 15.2. The van der Waals surface area contributed by atoms with Gasteiger partial charge in [-0.05, 0) is 24.8 Å². The Balaban J connectivity index is 1.43. The number of carbonyl (C=O) groups excluding carboxylic acids is 1. The molecule has 140 valence electrons. The molecule has 0 radical (unpaired) electrons.